The summed E-state index contributed by atoms with van der Waals surface area (Å²) in [4.78, 5) is 31.0. The van der Waals surface area contributed by atoms with Crippen LogP contribution in [0.3, 0.4) is 0 Å². The second-order valence-electron chi connectivity index (χ2n) is 8.63. The Hall–Kier alpha value is -3.57. The average molecular weight is 493 g/mol. The fraction of sp³-hybridized carbons (Fsp3) is 0.375. The number of piperazine rings is 1. The van der Waals surface area contributed by atoms with Crippen LogP contribution in [0.15, 0.2) is 40.3 Å². The van der Waals surface area contributed by atoms with Gasteiger partial charge in [-0.05, 0) is 39.0 Å². The Balaban J connectivity index is 1.26. The minimum atomic E-state index is -0.0908. The van der Waals surface area contributed by atoms with Crippen LogP contribution < -0.4 is 10.2 Å². The summed E-state index contributed by atoms with van der Waals surface area (Å²) in [6, 6.07) is 7.41. The average Bonchev–Trinajstić information content (AvgIpc) is 3.59. The van der Waals surface area contributed by atoms with Crippen molar-refractivity contribution >= 4 is 28.2 Å². The lowest BCUT2D eigenvalue weighted by Crippen LogP contribution is -2.47. The van der Waals surface area contributed by atoms with Gasteiger partial charge in [-0.2, -0.15) is 5.10 Å². The van der Waals surface area contributed by atoms with E-state index in [0.717, 1.165) is 48.5 Å². The minimum Gasteiger partial charge on any atom is -0.458 e. The fourth-order valence-corrected chi connectivity index (χ4v) is 4.83. The lowest BCUT2D eigenvalue weighted by molar-refractivity contribution is -0.116. The molecule has 35 heavy (non-hydrogen) atoms. The molecule has 1 amide bonds. The van der Waals surface area contributed by atoms with Crippen molar-refractivity contribution in [1.82, 2.24) is 29.6 Å². The molecule has 1 aliphatic rings. The predicted molar refractivity (Wildman–Crippen MR) is 135 cm³/mol. The molecule has 4 aromatic heterocycles. The number of rotatable bonds is 7. The molecule has 11 heteroatoms. The number of aryl methyl sites for hydroxylation is 3. The summed E-state index contributed by atoms with van der Waals surface area (Å²) in [6.45, 7) is 10.1. The van der Waals surface area contributed by atoms with Crippen molar-refractivity contribution in [3.8, 4) is 17.4 Å². The number of nitrogens with one attached hydrogen (secondary N) is 1. The number of amides is 1. The lowest BCUT2D eigenvalue weighted by atomic mass is 10.3. The van der Waals surface area contributed by atoms with E-state index in [2.05, 4.69) is 35.2 Å². The number of aromatic nitrogens is 5. The predicted octanol–water partition coefficient (Wildman–Crippen LogP) is 3.45. The molecule has 1 N–H and O–H groups in total. The van der Waals surface area contributed by atoms with Gasteiger partial charge in [0.15, 0.2) is 22.5 Å². The molecule has 0 aliphatic carbocycles. The Bertz CT molecular complexity index is 1310. The molecule has 0 atom stereocenters. The Labute approximate surface area is 207 Å². The molecule has 0 spiro atoms. The van der Waals surface area contributed by atoms with E-state index in [1.165, 1.54) is 0 Å². The fourth-order valence-electron chi connectivity index (χ4n) is 4.13. The van der Waals surface area contributed by atoms with Gasteiger partial charge in [0, 0.05) is 62.5 Å². The standard InChI is InChI=1S/C24H28N8O2S/c1-16-14-17(2)32(29-16)21-15-20(27-23(28-21)19-5-4-18(3)34-19)26-22(33)6-8-30-9-11-31(12-10-30)24-25-7-13-35-24/h4-5,7,13-15H,6,8-12H2,1-3H3,(H,26,27,28,33). The topological polar surface area (TPSA) is 105 Å². The van der Waals surface area contributed by atoms with E-state index in [0.29, 0.717) is 36.2 Å². The van der Waals surface area contributed by atoms with Gasteiger partial charge in [0.1, 0.15) is 11.6 Å². The zero-order chi connectivity index (χ0) is 24.4. The summed E-state index contributed by atoms with van der Waals surface area (Å²) in [6.07, 6.45) is 2.22. The summed E-state index contributed by atoms with van der Waals surface area (Å²) in [5, 5.41) is 10.5. The summed E-state index contributed by atoms with van der Waals surface area (Å²) in [5.41, 5.74) is 1.83. The van der Waals surface area contributed by atoms with Gasteiger partial charge in [-0.1, -0.05) is 0 Å². The molecule has 1 saturated heterocycles. The van der Waals surface area contributed by atoms with Crippen LogP contribution in [0, 0.1) is 20.8 Å². The van der Waals surface area contributed by atoms with Crippen molar-refractivity contribution < 1.29 is 9.21 Å². The first kappa shape index (κ1) is 23.2. The molecule has 0 aromatic carbocycles. The second-order valence-corrected chi connectivity index (χ2v) is 9.50. The molecule has 4 aromatic rings. The third-order valence-corrected chi connectivity index (χ3v) is 6.72. The van der Waals surface area contributed by atoms with Gasteiger partial charge >= 0.3 is 0 Å². The molecule has 5 heterocycles. The van der Waals surface area contributed by atoms with Gasteiger partial charge in [0.2, 0.25) is 5.91 Å². The quantitative estimate of drug-likeness (QED) is 0.418. The van der Waals surface area contributed by atoms with Crippen molar-refractivity contribution in [2.45, 2.75) is 27.2 Å². The van der Waals surface area contributed by atoms with Gasteiger partial charge < -0.3 is 14.6 Å². The van der Waals surface area contributed by atoms with E-state index in [4.69, 9.17) is 4.42 Å². The number of carbonyl (C=O) groups is 1. The first-order chi connectivity index (χ1) is 16.9. The molecule has 0 bridgehead atoms. The van der Waals surface area contributed by atoms with Crippen LogP contribution in [-0.4, -0.2) is 68.3 Å². The lowest BCUT2D eigenvalue weighted by Gasteiger charge is -2.34. The third-order valence-electron chi connectivity index (χ3n) is 5.88. The van der Waals surface area contributed by atoms with E-state index < -0.39 is 0 Å². The maximum atomic E-state index is 12.8. The smallest absolute Gasteiger partial charge is 0.226 e. The molecule has 1 fully saturated rings. The highest BCUT2D eigenvalue weighted by atomic mass is 32.1. The van der Waals surface area contributed by atoms with Crippen molar-refractivity contribution in [2.24, 2.45) is 0 Å². The number of thiazole rings is 1. The number of anilines is 2. The second kappa shape index (κ2) is 9.96. The van der Waals surface area contributed by atoms with Crippen LogP contribution in [0.5, 0.6) is 0 Å². The van der Waals surface area contributed by atoms with E-state index >= 15 is 0 Å². The summed E-state index contributed by atoms with van der Waals surface area (Å²) in [7, 11) is 0. The van der Waals surface area contributed by atoms with Crippen LogP contribution in [-0.2, 0) is 4.79 Å². The summed E-state index contributed by atoms with van der Waals surface area (Å²) in [5.74, 6) is 2.61. The van der Waals surface area contributed by atoms with E-state index in [1.54, 1.807) is 22.1 Å². The Morgan fingerprint density at radius 1 is 1.11 bits per heavy atom. The summed E-state index contributed by atoms with van der Waals surface area (Å²) >= 11 is 1.66. The van der Waals surface area contributed by atoms with Gasteiger partial charge in [-0.3, -0.25) is 9.69 Å². The SMILES string of the molecule is Cc1cc(C)n(-c2cc(NC(=O)CCN3CCN(c4nccs4)CC3)nc(-c3ccc(C)o3)n2)n1. The van der Waals surface area contributed by atoms with Gasteiger partial charge in [-0.15, -0.1) is 11.3 Å². The largest absolute Gasteiger partial charge is 0.458 e. The summed E-state index contributed by atoms with van der Waals surface area (Å²) < 4.78 is 7.48. The Morgan fingerprint density at radius 3 is 2.60 bits per heavy atom. The zero-order valence-corrected chi connectivity index (χ0v) is 20.9. The maximum Gasteiger partial charge on any atom is 0.226 e. The van der Waals surface area contributed by atoms with E-state index in [-0.39, 0.29) is 5.91 Å². The van der Waals surface area contributed by atoms with Crippen molar-refractivity contribution in [2.75, 3.05) is 42.9 Å². The number of carbonyl (C=O) groups excluding carboxylic acids is 1. The molecule has 1 aliphatic heterocycles. The Kier molecular flexibility index (Phi) is 6.60. The number of furan rings is 1. The van der Waals surface area contributed by atoms with E-state index in [1.807, 2.05) is 50.5 Å². The van der Waals surface area contributed by atoms with Crippen LogP contribution in [0.4, 0.5) is 10.9 Å². The molecule has 182 valence electrons. The van der Waals surface area contributed by atoms with Gasteiger partial charge in [0.25, 0.3) is 0 Å². The molecule has 0 saturated carbocycles. The van der Waals surface area contributed by atoms with Crippen molar-refractivity contribution in [1.29, 1.82) is 0 Å². The zero-order valence-electron chi connectivity index (χ0n) is 20.1. The van der Waals surface area contributed by atoms with Crippen molar-refractivity contribution in [3.05, 3.63) is 53.0 Å². The highest BCUT2D eigenvalue weighted by Gasteiger charge is 2.20. The van der Waals surface area contributed by atoms with Crippen LogP contribution >= 0.6 is 11.3 Å². The molecular formula is C24H28N8O2S. The molecule has 0 radical (unpaired) electrons. The van der Waals surface area contributed by atoms with E-state index in [9.17, 15) is 4.79 Å². The minimum absolute atomic E-state index is 0.0908. The molecule has 5 rings (SSSR count). The van der Waals surface area contributed by atoms with Gasteiger partial charge in [0.05, 0.1) is 5.69 Å². The molecular weight excluding hydrogens is 464 g/mol. The first-order valence-corrected chi connectivity index (χ1v) is 12.5. The number of nitrogens with zero attached hydrogens (tertiary/aromatic N) is 7. The number of hydrogen-bond acceptors (Lipinski definition) is 9. The molecule has 0 unspecified atom stereocenters. The monoisotopic (exact) mass is 492 g/mol. The normalized spacial score (nSPS) is 14.4. The Morgan fingerprint density at radius 2 is 1.94 bits per heavy atom. The number of hydrogen-bond donors (Lipinski definition) is 1. The molecule has 10 nitrogen and oxygen atoms in total. The van der Waals surface area contributed by atoms with Crippen molar-refractivity contribution in [3.63, 3.8) is 0 Å². The van der Waals surface area contributed by atoms with Gasteiger partial charge in [-0.25, -0.2) is 19.6 Å². The highest BCUT2D eigenvalue weighted by Crippen LogP contribution is 2.23. The van der Waals surface area contributed by atoms with Crippen LogP contribution in [0.2, 0.25) is 0 Å². The maximum absolute atomic E-state index is 12.8. The highest BCUT2D eigenvalue weighted by molar-refractivity contribution is 7.13. The van der Waals surface area contributed by atoms with Crippen LogP contribution in [0.1, 0.15) is 23.6 Å². The van der Waals surface area contributed by atoms with Crippen LogP contribution in [0.25, 0.3) is 17.4 Å². The first-order valence-electron chi connectivity index (χ1n) is 11.6. The third kappa shape index (κ3) is 5.41.